The Kier molecular flexibility index (Phi) is 6.30. The second-order valence-electron chi connectivity index (χ2n) is 7.75. The minimum atomic E-state index is -0.286. The van der Waals surface area contributed by atoms with Crippen molar-refractivity contribution in [1.82, 2.24) is 15.2 Å². The van der Waals surface area contributed by atoms with Crippen molar-refractivity contribution in [2.45, 2.75) is 25.8 Å². The van der Waals surface area contributed by atoms with E-state index >= 15 is 0 Å². The predicted octanol–water partition coefficient (Wildman–Crippen LogP) is 3.27. The molecule has 8 heteroatoms. The first-order valence-corrected chi connectivity index (χ1v) is 10.5. The average molecular weight is 432 g/mol. The molecule has 0 radical (unpaired) electrons. The number of hydrogen-bond acceptors (Lipinski definition) is 5. The molecule has 1 fully saturated rings. The molecule has 0 bridgehead atoms. The lowest BCUT2D eigenvalue weighted by molar-refractivity contribution is 0.0695. The maximum Gasteiger partial charge on any atom is 0.287 e. The minimum absolute atomic E-state index is 0.0128. The zero-order valence-electron chi connectivity index (χ0n) is 17.7. The van der Waals surface area contributed by atoms with Gasteiger partial charge < -0.3 is 20.0 Å². The maximum atomic E-state index is 13.0. The summed E-state index contributed by atoms with van der Waals surface area (Å²) in [5, 5.41) is 5.78. The van der Waals surface area contributed by atoms with E-state index in [4.69, 9.17) is 4.42 Å². The van der Waals surface area contributed by atoms with Crippen LogP contribution in [0.3, 0.4) is 0 Å². The molecule has 2 aromatic heterocycles. The van der Waals surface area contributed by atoms with Crippen LogP contribution in [-0.2, 0) is 0 Å². The number of nitrogens with one attached hydrogen (secondary N) is 2. The van der Waals surface area contributed by atoms with Crippen molar-refractivity contribution >= 4 is 23.4 Å². The largest absolute Gasteiger partial charge is 0.459 e. The smallest absolute Gasteiger partial charge is 0.287 e. The van der Waals surface area contributed by atoms with Crippen molar-refractivity contribution in [3.8, 4) is 0 Å². The molecule has 8 nitrogen and oxygen atoms in total. The number of rotatable bonds is 5. The highest BCUT2D eigenvalue weighted by Crippen LogP contribution is 2.18. The van der Waals surface area contributed by atoms with Crippen LogP contribution in [0, 0.1) is 6.92 Å². The van der Waals surface area contributed by atoms with Crippen molar-refractivity contribution in [3.63, 3.8) is 0 Å². The van der Waals surface area contributed by atoms with Crippen LogP contribution < -0.4 is 10.6 Å². The quantitative estimate of drug-likeness (QED) is 0.644. The SMILES string of the molecule is Cc1ccoc1C(=O)NC1CCN(C(=O)c2cccc(NC(=O)c3cccnc3)c2)CC1. The molecule has 1 saturated heterocycles. The van der Waals surface area contributed by atoms with Gasteiger partial charge in [0.15, 0.2) is 5.76 Å². The van der Waals surface area contributed by atoms with E-state index in [0.717, 1.165) is 5.56 Å². The van der Waals surface area contributed by atoms with Gasteiger partial charge in [0.05, 0.1) is 11.8 Å². The fourth-order valence-corrected chi connectivity index (χ4v) is 3.70. The Labute approximate surface area is 185 Å². The molecule has 0 spiro atoms. The fraction of sp³-hybridized carbons (Fsp3) is 0.250. The second kappa shape index (κ2) is 9.47. The van der Waals surface area contributed by atoms with Gasteiger partial charge in [-0.25, -0.2) is 0 Å². The van der Waals surface area contributed by atoms with Crippen LogP contribution in [0.2, 0.25) is 0 Å². The summed E-state index contributed by atoms with van der Waals surface area (Å²) in [6.07, 6.45) is 5.91. The predicted molar refractivity (Wildman–Crippen MR) is 118 cm³/mol. The molecule has 3 amide bonds. The van der Waals surface area contributed by atoms with Crippen molar-refractivity contribution in [3.05, 3.63) is 83.6 Å². The number of furan rings is 1. The number of carbonyl (C=O) groups excluding carboxylic acids is 3. The van der Waals surface area contributed by atoms with E-state index in [9.17, 15) is 14.4 Å². The number of anilines is 1. The monoisotopic (exact) mass is 432 g/mol. The van der Waals surface area contributed by atoms with E-state index in [2.05, 4.69) is 15.6 Å². The van der Waals surface area contributed by atoms with E-state index in [0.29, 0.717) is 48.5 Å². The third kappa shape index (κ3) is 4.85. The van der Waals surface area contributed by atoms with Gasteiger partial charge >= 0.3 is 0 Å². The summed E-state index contributed by atoms with van der Waals surface area (Å²) in [5.41, 5.74) is 2.28. The zero-order valence-corrected chi connectivity index (χ0v) is 17.7. The van der Waals surface area contributed by atoms with Crippen LogP contribution in [0.15, 0.2) is 65.5 Å². The average Bonchev–Trinajstić information content (AvgIpc) is 3.26. The number of pyridine rings is 1. The molecule has 3 heterocycles. The highest BCUT2D eigenvalue weighted by Gasteiger charge is 2.26. The molecule has 1 aromatic carbocycles. The Morgan fingerprint density at radius 3 is 2.50 bits per heavy atom. The first kappa shape index (κ1) is 21.3. The first-order valence-electron chi connectivity index (χ1n) is 10.5. The summed E-state index contributed by atoms with van der Waals surface area (Å²) in [4.78, 5) is 43.4. The van der Waals surface area contributed by atoms with Gasteiger partial charge in [-0.3, -0.25) is 19.4 Å². The molecule has 3 aromatic rings. The Hall–Kier alpha value is -3.94. The molecule has 164 valence electrons. The summed E-state index contributed by atoms with van der Waals surface area (Å²) in [7, 11) is 0. The molecule has 0 aliphatic carbocycles. The molecule has 32 heavy (non-hydrogen) atoms. The number of piperidine rings is 1. The maximum absolute atomic E-state index is 13.0. The number of amides is 3. The Balaban J connectivity index is 1.33. The van der Waals surface area contributed by atoms with Gasteiger partial charge in [0, 0.05) is 48.3 Å². The normalized spacial score (nSPS) is 14.1. The van der Waals surface area contributed by atoms with Gasteiger partial charge in [-0.1, -0.05) is 6.07 Å². The van der Waals surface area contributed by atoms with Crippen molar-refractivity contribution in [2.75, 3.05) is 18.4 Å². The third-order valence-electron chi connectivity index (χ3n) is 5.48. The number of benzene rings is 1. The molecule has 0 saturated carbocycles. The first-order chi connectivity index (χ1) is 15.5. The summed E-state index contributed by atoms with van der Waals surface area (Å²) in [6.45, 7) is 2.90. The van der Waals surface area contributed by atoms with Crippen LogP contribution in [0.25, 0.3) is 0 Å². The molecule has 1 aliphatic heterocycles. The van der Waals surface area contributed by atoms with Gasteiger partial charge in [0.25, 0.3) is 17.7 Å². The summed E-state index contributed by atoms with van der Waals surface area (Å²) in [5.74, 6) is -0.289. The summed E-state index contributed by atoms with van der Waals surface area (Å²) < 4.78 is 5.24. The topological polar surface area (TPSA) is 105 Å². The van der Waals surface area contributed by atoms with Crippen LogP contribution >= 0.6 is 0 Å². The number of aromatic nitrogens is 1. The molecule has 0 unspecified atom stereocenters. The molecule has 4 rings (SSSR count). The number of nitrogens with zero attached hydrogens (tertiary/aromatic N) is 2. The molecule has 1 aliphatic rings. The number of aryl methyl sites for hydroxylation is 1. The molecule has 2 N–H and O–H groups in total. The fourth-order valence-electron chi connectivity index (χ4n) is 3.70. The minimum Gasteiger partial charge on any atom is -0.459 e. The standard InChI is InChI=1S/C24H24N4O4/c1-16-9-13-32-21(16)23(30)26-19-7-11-28(12-8-19)24(31)17-4-2-6-20(14-17)27-22(29)18-5-3-10-25-15-18/h2-6,9-10,13-15,19H,7-8,11-12H2,1H3,(H,26,30)(H,27,29). The number of hydrogen-bond donors (Lipinski definition) is 2. The van der Waals surface area contributed by atoms with Crippen molar-refractivity contribution in [2.24, 2.45) is 0 Å². The van der Waals surface area contributed by atoms with Crippen LogP contribution in [0.4, 0.5) is 5.69 Å². The summed E-state index contributed by atoms with van der Waals surface area (Å²) in [6, 6.07) is 12.0. The molecular weight excluding hydrogens is 408 g/mol. The zero-order chi connectivity index (χ0) is 22.5. The summed E-state index contributed by atoms with van der Waals surface area (Å²) >= 11 is 0. The molecule has 0 atom stereocenters. The van der Waals surface area contributed by atoms with E-state index in [1.165, 1.54) is 12.5 Å². The lowest BCUT2D eigenvalue weighted by Crippen LogP contribution is -2.46. The highest BCUT2D eigenvalue weighted by atomic mass is 16.3. The van der Waals surface area contributed by atoms with Crippen LogP contribution in [0.1, 0.15) is 49.7 Å². The Morgan fingerprint density at radius 2 is 1.81 bits per heavy atom. The van der Waals surface area contributed by atoms with Gasteiger partial charge in [-0.15, -0.1) is 0 Å². The van der Waals surface area contributed by atoms with Gasteiger partial charge in [0.1, 0.15) is 0 Å². The second-order valence-corrected chi connectivity index (χ2v) is 7.75. The molecular formula is C24H24N4O4. The van der Waals surface area contributed by atoms with Crippen molar-refractivity contribution < 1.29 is 18.8 Å². The van der Waals surface area contributed by atoms with E-state index in [-0.39, 0.29) is 23.8 Å². The van der Waals surface area contributed by atoms with Gasteiger partial charge in [-0.2, -0.15) is 0 Å². The highest BCUT2D eigenvalue weighted by molar-refractivity contribution is 6.05. The number of carbonyl (C=O) groups is 3. The van der Waals surface area contributed by atoms with Crippen LogP contribution in [-0.4, -0.2) is 46.7 Å². The number of likely N-dealkylation sites (tertiary alicyclic amines) is 1. The lowest BCUT2D eigenvalue weighted by atomic mass is 10.0. The van der Waals surface area contributed by atoms with E-state index in [1.54, 1.807) is 53.6 Å². The lowest BCUT2D eigenvalue weighted by Gasteiger charge is -2.32. The Bertz CT molecular complexity index is 1120. The van der Waals surface area contributed by atoms with Crippen LogP contribution in [0.5, 0.6) is 0 Å². The third-order valence-corrected chi connectivity index (χ3v) is 5.48. The Morgan fingerprint density at radius 1 is 1.03 bits per heavy atom. The van der Waals surface area contributed by atoms with E-state index < -0.39 is 0 Å². The van der Waals surface area contributed by atoms with Gasteiger partial charge in [0.2, 0.25) is 0 Å². The van der Waals surface area contributed by atoms with Gasteiger partial charge in [-0.05, 0) is 56.2 Å². The van der Waals surface area contributed by atoms with Crippen molar-refractivity contribution in [1.29, 1.82) is 0 Å². The van der Waals surface area contributed by atoms with E-state index in [1.807, 2.05) is 6.92 Å².